The molecule has 4 heteroatoms. The maximum atomic E-state index is 11.1. The van der Waals surface area contributed by atoms with E-state index in [9.17, 15) is 4.79 Å². The van der Waals surface area contributed by atoms with Gasteiger partial charge in [0, 0.05) is 38.4 Å². The van der Waals surface area contributed by atoms with Crippen LogP contribution < -0.4 is 11.1 Å². The molecule has 0 aromatic carbocycles. The molecule has 0 aliphatic heterocycles. The molecule has 1 aromatic heterocycles. The Balaban J connectivity index is 2.34. The van der Waals surface area contributed by atoms with Gasteiger partial charge in [-0.05, 0) is 18.6 Å². The lowest BCUT2D eigenvalue weighted by Crippen LogP contribution is -2.23. The maximum absolute atomic E-state index is 11.1. The third-order valence-corrected chi connectivity index (χ3v) is 2.02. The summed E-state index contributed by atoms with van der Waals surface area (Å²) >= 11 is 0. The van der Waals surface area contributed by atoms with Crippen LogP contribution in [0.5, 0.6) is 0 Å². The van der Waals surface area contributed by atoms with Crippen LogP contribution in [0, 0.1) is 0 Å². The van der Waals surface area contributed by atoms with E-state index in [1.54, 1.807) is 0 Å². The summed E-state index contributed by atoms with van der Waals surface area (Å²) in [7, 11) is 0. The summed E-state index contributed by atoms with van der Waals surface area (Å²) < 4.78 is 1.98. The SMILES string of the molecule is CCNC(=O)CCn1ccc(CN)c1. The van der Waals surface area contributed by atoms with Crippen molar-refractivity contribution in [3.05, 3.63) is 24.0 Å². The van der Waals surface area contributed by atoms with Gasteiger partial charge in [-0.2, -0.15) is 0 Å². The molecular formula is C10H17N3O. The number of nitrogens with zero attached hydrogens (tertiary/aromatic N) is 1. The second-order valence-electron chi connectivity index (χ2n) is 3.17. The molecule has 0 spiro atoms. The molecule has 0 bridgehead atoms. The number of hydrogen-bond donors (Lipinski definition) is 2. The van der Waals surface area contributed by atoms with Gasteiger partial charge in [0.25, 0.3) is 0 Å². The van der Waals surface area contributed by atoms with Gasteiger partial charge in [-0.1, -0.05) is 0 Å². The van der Waals surface area contributed by atoms with Crippen molar-refractivity contribution in [3.63, 3.8) is 0 Å². The van der Waals surface area contributed by atoms with Crippen molar-refractivity contribution in [2.24, 2.45) is 5.73 Å². The van der Waals surface area contributed by atoms with Crippen molar-refractivity contribution in [1.29, 1.82) is 0 Å². The molecule has 0 radical (unpaired) electrons. The van der Waals surface area contributed by atoms with Crippen LogP contribution in [0.4, 0.5) is 0 Å². The molecule has 0 fully saturated rings. The zero-order valence-corrected chi connectivity index (χ0v) is 8.49. The second-order valence-corrected chi connectivity index (χ2v) is 3.17. The van der Waals surface area contributed by atoms with E-state index in [1.165, 1.54) is 0 Å². The average molecular weight is 195 g/mol. The molecule has 1 heterocycles. The zero-order chi connectivity index (χ0) is 10.4. The van der Waals surface area contributed by atoms with Gasteiger partial charge in [0.1, 0.15) is 0 Å². The fourth-order valence-electron chi connectivity index (χ4n) is 1.27. The largest absolute Gasteiger partial charge is 0.356 e. The molecule has 0 aliphatic carbocycles. The van der Waals surface area contributed by atoms with E-state index in [4.69, 9.17) is 5.73 Å². The molecule has 1 rings (SSSR count). The van der Waals surface area contributed by atoms with E-state index in [0.29, 0.717) is 26.1 Å². The molecular weight excluding hydrogens is 178 g/mol. The lowest BCUT2D eigenvalue weighted by molar-refractivity contribution is -0.121. The first-order chi connectivity index (χ1) is 6.76. The summed E-state index contributed by atoms with van der Waals surface area (Å²) in [6, 6.07) is 1.97. The standard InChI is InChI=1S/C10H17N3O/c1-2-12-10(14)4-6-13-5-3-9(7-11)8-13/h3,5,8H,2,4,6-7,11H2,1H3,(H,12,14). The summed E-state index contributed by atoms with van der Waals surface area (Å²) in [5.74, 6) is 0.0931. The topological polar surface area (TPSA) is 60.0 Å². The highest BCUT2D eigenvalue weighted by molar-refractivity contribution is 5.75. The van der Waals surface area contributed by atoms with Gasteiger partial charge in [-0.15, -0.1) is 0 Å². The third-order valence-electron chi connectivity index (χ3n) is 2.02. The summed E-state index contributed by atoms with van der Waals surface area (Å²) in [6.07, 6.45) is 4.44. The molecule has 3 N–H and O–H groups in total. The van der Waals surface area contributed by atoms with Crippen LogP contribution in [-0.4, -0.2) is 17.0 Å². The Morgan fingerprint density at radius 2 is 2.43 bits per heavy atom. The minimum atomic E-state index is 0.0931. The van der Waals surface area contributed by atoms with E-state index >= 15 is 0 Å². The first-order valence-electron chi connectivity index (χ1n) is 4.87. The molecule has 0 atom stereocenters. The fourth-order valence-corrected chi connectivity index (χ4v) is 1.27. The van der Waals surface area contributed by atoms with Crippen molar-refractivity contribution < 1.29 is 4.79 Å². The number of carbonyl (C=O) groups is 1. The summed E-state index contributed by atoms with van der Waals surface area (Å²) in [5, 5.41) is 2.76. The van der Waals surface area contributed by atoms with E-state index in [0.717, 1.165) is 5.56 Å². The van der Waals surface area contributed by atoms with Crippen LogP contribution >= 0.6 is 0 Å². The smallest absolute Gasteiger partial charge is 0.221 e. The normalized spacial score (nSPS) is 10.1. The first-order valence-corrected chi connectivity index (χ1v) is 4.87. The van der Waals surface area contributed by atoms with Crippen LogP contribution in [0.3, 0.4) is 0 Å². The van der Waals surface area contributed by atoms with E-state index in [2.05, 4.69) is 5.32 Å². The van der Waals surface area contributed by atoms with Gasteiger partial charge in [0.15, 0.2) is 0 Å². The fraction of sp³-hybridized carbons (Fsp3) is 0.500. The van der Waals surface area contributed by atoms with Gasteiger partial charge in [0.2, 0.25) is 5.91 Å². The number of carbonyl (C=O) groups excluding carboxylic acids is 1. The Bertz CT molecular complexity index is 293. The quantitative estimate of drug-likeness (QED) is 0.717. The Kier molecular flexibility index (Phi) is 4.19. The van der Waals surface area contributed by atoms with Crippen molar-refractivity contribution in [3.8, 4) is 0 Å². The summed E-state index contributed by atoms with van der Waals surface area (Å²) in [4.78, 5) is 11.1. The average Bonchev–Trinajstić information content (AvgIpc) is 2.63. The van der Waals surface area contributed by atoms with Crippen LogP contribution in [0.2, 0.25) is 0 Å². The number of nitrogens with two attached hydrogens (primary N) is 1. The maximum Gasteiger partial charge on any atom is 0.221 e. The Labute approximate surface area is 84.1 Å². The molecule has 1 amide bonds. The van der Waals surface area contributed by atoms with Gasteiger partial charge in [0.05, 0.1) is 0 Å². The molecule has 4 nitrogen and oxygen atoms in total. The molecule has 0 aliphatic rings. The van der Waals surface area contributed by atoms with Crippen molar-refractivity contribution in [2.75, 3.05) is 6.54 Å². The van der Waals surface area contributed by atoms with Crippen LogP contribution in [0.1, 0.15) is 18.9 Å². The number of amides is 1. The predicted octanol–water partition coefficient (Wildman–Crippen LogP) is 0.473. The van der Waals surface area contributed by atoms with Gasteiger partial charge in [-0.25, -0.2) is 0 Å². The monoisotopic (exact) mass is 195 g/mol. The van der Waals surface area contributed by atoms with Gasteiger partial charge >= 0.3 is 0 Å². The number of aromatic nitrogens is 1. The molecule has 1 aromatic rings. The minimum Gasteiger partial charge on any atom is -0.356 e. The first kappa shape index (κ1) is 10.8. The number of rotatable bonds is 5. The van der Waals surface area contributed by atoms with Crippen molar-refractivity contribution in [1.82, 2.24) is 9.88 Å². The summed E-state index contributed by atoms with van der Waals surface area (Å²) in [5.41, 5.74) is 6.57. The zero-order valence-electron chi connectivity index (χ0n) is 8.49. The molecule has 0 saturated carbocycles. The Hall–Kier alpha value is -1.29. The molecule has 78 valence electrons. The van der Waals surface area contributed by atoms with E-state index < -0.39 is 0 Å². The van der Waals surface area contributed by atoms with Crippen LogP contribution in [-0.2, 0) is 17.9 Å². The Morgan fingerprint density at radius 3 is 3.00 bits per heavy atom. The predicted molar refractivity (Wildman–Crippen MR) is 55.6 cm³/mol. The lowest BCUT2D eigenvalue weighted by Gasteiger charge is -2.03. The van der Waals surface area contributed by atoms with Gasteiger partial charge in [-0.3, -0.25) is 4.79 Å². The van der Waals surface area contributed by atoms with Gasteiger partial charge < -0.3 is 15.6 Å². The van der Waals surface area contributed by atoms with E-state index in [-0.39, 0.29) is 5.91 Å². The van der Waals surface area contributed by atoms with E-state index in [1.807, 2.05) is 30.0 Å². The number of nitrogens with one attached hydrogen (secondary N) is 1. The Morgan fingerprint density at radius 1 is 1.64 bits per heavy atom. The second kappa shape index (κ2) is 5.44. The van der Waals surface area contributed by atoms with Crippen LogP contribution in [0.25, 0.3) is 0 Å². The van der Waals surface area contributed by atoms with Crippen molar-refractivity contribution in [2.45, 2.75) is 26.4 Å². The van der Waals surface area contributed by atoms with Crippen LogP contribution in [0.15, 0.2) is 18.5 Å². The number of aryl methyl sites for hydroxylation is 1. The minimum absolute atomic E-state index is 0.0931. The third kappa shape index (κ3) is 3.22. The summed E-state index contributed by atoms with van der Waals surface area (Å²) in [6.45, 7) is 3.87. The molecule has 0 unspecified atom stereocenters. The number of hydrogen-bond acceptors (Lipinski definition) is 2. The lowest BCUT2D eigenvalue weighted by atomic mass is 10.3. The van der Waals surface area contributed by atoms with Crippen molar-refractivity contribution >= 4 is 5.91 Å². The highest BCUT2D eigenvalue weighted by Crippen LogP contribution is 2.00. The highest BCUT2D eigenvalue weighted by Gasteiger charge is 2.00. The molecule has 0 saturated heterocycles. The molecule has 14 heavy (non-hydrogen) atoms. The highest BCUT2D eigenvalue weighted by atomic mass is 16.1.